The summed E-state index contributed by atoms with van der Waals surface area (Å²) in [7, 11) is 0. The van der Waals surface area contributed by atoms with Gasteiger partial charge in [-0.15, -0.1) is 0 Å². The first-order valence-corrected chi connectivity index (χ1v) is 6.77. The van der Waals surface area contributed by atoms with E-state index in [1.165, 1.54) is 0 Å². The van der Waals surface area contributed by atoms with Crippen LogP contribution in [0.2, 0.25) is 0 Å². The molecule has 4 nitrogen and oxygen atoms in total. The molecule has 0 amide bonds. The first-order chi connectivity index (χ1) is 10.3. The topological polar surface area (TPSA) is 50.4 Å². The van der Waals surface area contributed by atoms with Crippen LogP contribution >= 0.6 is 0 Å². The monoisotopic (exact) mass is 275 g/mol. The SMILES string of the molecule is OC(c1cccc2ccccc12)c1cnn2ccncc12. The Kier molecular flexibility index (Phi) is 2.69. The summed E-state index contributed by atoms with van der Waals surface area (Å²) >= 11 is 0. The van der Waals surface area contributed by atoms with E-state index in [0.717, 1.165) is 27.4 Å². The van der Waals surface area contributed by atoms with Gasteiger partial charge in [-0.25, -0.2) is 4.52 Å². The quantitative estimate of drug-likeness (QED) is 0.612. The fraction of sp³-hybridized carbons (Fsp3) is 0.0588. The van der Waals surface area contributed by atoms with Crippen LogP contribution in [0.4, 0.5) is 0 Å². The Morgan fingerprint density at radius 3 is 2.76 bits per heavy atom. The Hall–Kier alpha value is -2.72. The molecule has 0 radical (unpaired) electrons. The Bertz CT molecular complexity index is 924. The van der Waals surface area contributed by atoms with E-state index in [1.54, 1.807) is 29.3 Å². The molecule has 4 heteroatoms. The minimum absolute atomic E-state index is 0.724. The number of hydrogen-bond donors (Lipinski definition) is 1. The lowest BCUT2D eigenvalue weighted by Crippen LogP contribution is -2.00. The molecule has 0 spiro atoms. The maximum Gasteiger partial charge on any atom is 0.108 e. The van der Waals surface area contributed by atoms with E-state index >= 15 is 0 Å². The molecule has 0 bridgehead atoms. The van der Waals surface area contributed by atoms with E-state index in [9.17, 15) is 5.11 Å². The lowest BCUT2D eigenvalue weighted by molar-refractivity contribution is 0.223. The van der Waals surface area contributed by atoms with Gasteiger partial charge in [0.25, 0.3) is 0 Å². The van der Waals surface area contributed by atoms with Crippen molar-refractivity contribution in [1.82, 2.24) is 14.6 Å². The second-order valence-corrected chi connectivity index (χ2v) is 4.98. The van der Waals surface area contributed by atoms with Gasteiger partial charge in [-0.1, -0.05) is 42.5 Å². The summed E-state index contributed by atoms with van der Waals surface area (Å²) in [5.41, 5.74) is 2.46. The highest BCUT2D eigenvalue weighted by atomic mass is 16.3. The van der Waals surface area contributed by atoms with Crippen LogP contribution < -0.4 is 0 Å². The maximum atomic E-state index is 10.8. The van der Waals surface area contributed by atoms with E-state index in [0.29, 0.717) is 0 Å². The smallest absolute Gasteiger partial charge is 0.108 e. The van der Waals surface area contributed by atoms with Crippen molar-refractivity contribution in [3.05, 3.63) is 78.4 Å². The van der Waals surface area contributed by atoms with Crippen LogP contribution in [0.1, 0.15) is 17.2 Å². The van der Waals surface area contributed by atoms with Crippen molar-refractivity contribution in [3.63, 3.8) is 0 Å². The molecule has 4 rings (SSSR count). The van der Waals surface area contributed by atoms with Crippen LogP contribution in [0.15, 0.2) is 67.3 Å². The molecular weight excluding hydrogens is 262 g/mol. The number of fused-ring (bicyclic) bond motifs is 2. The largest absolute Gasteiger partial charge is 0.383 e. The van der Waals surface area contributed by atoms with E-state index in [1.807, 2.05) is 42.5 Å². The number of hydrogen-bond acceptors (Lipinski definition) is 3. The van der Waals surface area contributed by atoms with Gasteiger partial charge in [-0.05, 0) is 16.3 Å². The average molecular weight is 275 g/mol. The standard InChI is InChI=1S/C17H13N3O/c21-17(15-10-19-20-9-8-18-11-16(15)20)14-7-3-5-12-4-1-2-6-13(12)14/h1-11,17,21H. The van der Waals surface area contributed by atoms with Crippen LogP contribution in [-0.2, 0) is 0 Å². The van der Waals surface area contributed by atoms with Gasteiger partial charge in [0.05, 0.1) is 17.9 Å². The third-order valence-corrected chi connectivity index (χ3v) is 3.77. The molecule has 102 valence electrons. The van der Waals surface area contributed by atoms with Crippen molar-refractivity contribution < 1.29 is 5.11 Å². The molecular formula is C17H13N3O. The van der Waals surface area contributed by atoms with Gasteiger partial charge in [-0.3, -0.25) is 4.98 Å². The summed E-state index contributed by atoms with van der Waals surface area (Å²) in [6.45, 7) is 0. The highest BCUT2D eigenvalue weighted by Crippen LogP contribution is 2.30. The molecule has 0 aliphatic rings. The molecule has 4 aromatic rings. The number of benzene rings is 2. The lowest BCUT2D eigenvalue weighted by atomic mass is 9.97. The predicted octanol–water partition coefficient (Wildman–Crippen LogP) is 2.96. The summed E-state index contributed by atoms with van der Waals surface area (Å²) in [6.07, 6.45) is 6.14. The Labute approximate surface area is 121 Å². The summed E-state index contributed by atoms with van der Waals surface area (Å²) in [6, 6.07) is 14.0. The number of aliphatic hydroxyl groups is 1. The number of aromatic nitrogens is 3. The summed E-state index contributed by atoms with van der Waals surface area (Å²) < 4.78 is 1.72. The second kappa shape index (κ2) is 4.68. The minimum Gasteiger partial charge on any atom is -0.383 e. The van der Waals surface area contributed by atoms with Crippen LogP contribution in [-0.4, -0.2) is 19.7 Å². The van der Waals surface area contributed by atoms with E-state index in [2.05, 4.69) is 10.1 Å². The minimum atomic E-state index is -0.724. The molecule has 2 heterocycles. The van der Waals surface area contributed by atoms with Crippen LogP contribution in [0.3, 0.4) is 0 Å². The Balaban J connectivity index is 1.92. The van der Waals surface area contributed by atoms with Crippen LogP contribution in [0, 0.1) is 0 Å². The molecule has 2 aromatic carbocycles. The first kappa shape index (κ1) is 12.1. The van der Waals surface area contributed by atoms with Gasteiger partial charge in [0.1, 0.15) is 6.10 Å². The van der Waals surface area contributed by atoms with E-state index in [4.69, 9.17) is 0 Å². The molecule has 1 unspecified atom stereocenters. The van der Waals surface area contributed by atoms with Gasteiger partial charge in [0.15, 0.2) is 0 Å². The van der Waals surface area contributed by atoms with Crippen LogP contribution in [0.25, 0.3) is 16.3 Å². The molecule has 0 saturated heterocycles. The van der Waals surface area contributed by atoms with Gasteiger partial charge < -0.3 is 5.11 Å². The van der Waals surface area contributed by atoms with Crippen LogP contribution in [0.5, 0.6) is 0 Å². The Morgan fingerprint density at radius 2 is 1.81 bits per heavy atom. The van der Waals surface area contributed by atoms with Crippen molar-refractivity contribution >= 4 is 16.3 Å². The van der Waals surface area contributed by atoms with Crippen molar-refractivity contribution in [2.45, 2.75) is 6.10 Å². The fourth-order valence-corrected chi connectivity index (χ4v) is 2.72. The van der Waals surface area contributed by atoms with Crippen molar-refractivity contribution in [2.75, 3.05) is 0 Å². The summed E-state index contributed by atoms with van der Waals surface area (Å²) in [5.74, 6) is 0. The van der Waals surface area contributed by atoms with Crippen molar-refractivity contribution in [3.8, 4) is 0 Å². The second-order valence-electron chi connectivity index (χ2n) is 4.98. The molecule has 1 N–H and O–H groups in total. The summed E-state index contributed by atoms with van der Waals surface area (Å²) in [5, 5.41) is 17.2. The summed E-state index contributed by atoms with van der Waals surface area (Å²) in [4.78, 5) is 4.11. The Morgan fingerprint density at radius 1 is 0.952 bits per heavy atom. The first-order valence-electron chi connectivity index (χ1n) is 6.77. The van der Waals surface area contributed by atoms with Crippen molar-refractivity contribution in [2.24, 2.45) is 0 Å². The molecule has 1 atom stereocenters. The molecule has 0 aliphatic heterocycles. The molecule has 2 aromatic heterocycles. The average Bonchev–Trinajstić information content (AvgIpc) is 2.98. The number of rotatable bonds is 2. The molecule has 0 aliphatic carbocycles. The number of aliphatic hydroxyl groups excluding tert-OH is 1. The zero-order valence-corrected chi connectivity index (χ0v) is 11.2. The van der Waals surface area contributed by atoms with Gasteiger partial charge in [0, 0.05) is 18.0 Å². The zero-order chi connectivity index (χ0) is 14.2. The highest BCUT2D eigenvalue weighted by molar-refractivity contribution is 5.86. The fourth-order valence-electron chi connectivity index (χ4n) is 2.72. The normalized spacial score (nSPS) is 12.8. The third kappa shape index (κ3) is 1.88. The molecule has 0 fully saturated rings. The van der Waals surface area contributed by atoms with E-state index in [-0.39, 0.29) is 0 Å². The molecule has 0 saturated carbocycles. The van der Waals surface area contributed by atoms with Gasteiger partial charge in [-0.2, -0.15) is 5.10 Å². The van der Waals surface area contributed by atoms with E-state index < -0.39 is 6.10 Å². The number of nitrogens with zero attached hydrogens (tertiary/aromatic N) is 3. The molecule has 21 heavy (non-hydrogen) atoms. The maximum absolute atomic E-state index is 10.8. The predicted molar refractivity (Wildman–Crippen MR) is 81.0 cm³/mol. The van der Waals surface area contributed by atoms with Crippen molar-refractivity contribution in [1.29, 1.82) is 0 Å². The van der Waals surface area contributed by atoms with Gasteiger partial charge in [0.2, 0.25) is 0 Å². The zero-order valence-electron chi connectivity index (χ0n) is 11.2. The third-order valence-electron chi connectivity index (χ3n) is 3.77. The lowest BCUT2D eigenvalue weighted by Gasteiger charge is -2.12. The van der Waals surface area contributed by atoms with Gasteiger partial charge >= 0.3 is 0 Å². The highest BCUT2D eigenvalue weighted by Gasteiger charge is 2.17.